The molecule has 2 aromatic carbocycles. The second-order valence-corrected chi connectivity index (χ2v) is 10.4. The number of para-hydroxylation sites is 2. The van der Waals surface area contributed by atoms with Crippen LogP contribution in [0.1, 0.15) is 37.7 Å². The smallest absolute Gasteiger partial charge is 0.266 e. The molecular formula is C27H28N2O2S2. The minimum atomic E-state index is 0.0484. The van der Waals surface area contributed by atoms with Crippen LogP contribution in [0.25, 0.3) is 17.0 Å². The van der Waals surface area contributed by atoms with Crippen LogP contribution in [0.2, 0.25) is 0 Å². The number of rotatable bonds is 8. The molecule has 1 aliphatic heterocycles. The summed E-state index contributed by atoms with van der Waals surface area (Å²) in [5, 5.41) is 1.13. The van der Waals surface area contributed by atoms with Crippen molar-refractivity contribution in [3.05, 3.63) is 71.3 Å². The fourth-order valence-corrected chi connectivity index (χ4v) is 6.10. The molecule has 5 rings (SSSR count). The van der Waals surface area contributed by atoms with Crippen LogP contribution in [0.5, 0.6) is 5.75 Å². The number of carbonyl (C=O) groups is 1. The molecule has 2 fully saturated rings. The van der Waals surface area contributed by atoms with Gasteiger partial charge in [-0.25, -0.2) is 0 Å². The lowest BCUT2D eigenvalue weighted by Gasteiger charge is -2.17. The fraction of sp³-hybridized carbons (Fsp3) is 0.333. The molecule has 1 aromatic heterocycles. The van der Waals surface area contributed by atoms with Crippen molar-refractivity contribution in [3.63, 3.8) is 0 Å². The molecule has 0 atom stereocenters. The van der Waals surface area contributed by atoms with E-state index in [1.165, 1.54) is 37.4 Å². The van der Waals surface area contributed by atoms with Crippen LogP contribution >= 0.6 is 24.0 Å². The molecule has 1 amide bonds. The Morgan fingerprint density at radius 3 is 2.61 bits per heavy atom. The molecule has 0 unspecified atom stereocenters. The van der Waals surface area contributed by atoms with Gasteiger partial charge >= 0.3 is 0 Å². The molecule has 0 radical (unpaired) electrons. The summed E-state index contributed by atoms with van der Waals surface area (Å²) >= 11 is 6.99. The Hall–Kier alpha value is -2.57. The molecule has 4 nitrogen and oxygen atoms in total. The Balaban J connectivity index is 1.31. The van der Waals surface area contributed by atoms with Crippen LogP contribution in [0.15, 0.2) is 65.7 Å². The number of ether oxygens (including phenoxy) is 1. The lowest BCUT2D eigenvalue weighted by atomic mass is 10.0. The van der Waals surface area contributed by atoms with Gasteiger partial charge in [-0.05, 0) is 36.6 Å². The standard InChI is InChI=1S/C27H28N2O2S2/c30-26-25(33-27(32)29(26)15-14-20-8-4-5-9-20)18-21-19-28(24-13-7-6-12-23(21)24)16-17-31-22-10-2-1-3-11-22/h1-3,6-7,10-13,18-20H,4-5,8-9,14-17H2/b25-18-. The lowest BCUT2D eigenvalue weighted by Crippen LogP contribution is -2.30. The molecule has 2 aliphatic rings. The monoisotopic (exact) mass is 476 g/mol. The maximum absolute atomic E-state index is 13.1. The van der Waals surface area contributed by atoms with Gasteiger partial charge < -0.3 is 9.30 Å². The molecule has 3 aromatic rings. The van der Waals surface area contributed by atoms with Crippen molar-refractivity contribution in [1.82, 2.24) is 9.47 Å². The molecular weight excluding hydrogens is 448 g/mol. The summed E-state index contributed by atoms with van der Waals surface area (Å²) in [5.41, 5.74) is 2.18. The summed E-state index contributed by atoms with van der Waals surface area (Å²) in [6, 6.07) is 18.2. The second-order valence-electron chi connectivity index (χ2n) is 8.73. The number of aromatic nitrogens is 1. The van der Waals surface area contributed by atoms with Gasteiger partial charge in [-0.3, -0.25) is 9.69 Å². The van der Waals surface area contributed by atoms with E-state index in [1.807, 2.05) is 48.5 Å². The SMILES string of the molecule is O=C1/C(=C/c2cn(CCOc3ccccc3)c3ccccc23)SC(=S)N1CCC1CCCC1. The largest absolute Gasteiger partial charge is 0.492 e. The van der Waals surface area contributed by atoms with E-state index < -0.39 is 0 Å². The Bertz CT molecular complexity index is 1180. The zero-order valence-electron chi connectivity index (χ0n) is 18.6. The highest BCUT2D eigenvalue weighted by molar-refractivity contribution is 8.26. The zero-order chi connectivity index (χ0) is 22.6. The van der Waals surface area contributed by atoms with Gasteiger partial charge in [-0.15, -0.1) is 0 Å². The fourth-order valence-electron chi connectivity index (χ4n) is 4.80. The van der Waals surface area contributed by atoms with Crippen LogP contribution in [-0.4, -0.2) is 32.8 Å². The molecule has 1 saturated carbocycles. The van der Waals surface area contributed by atoms with Gasteiger partial charge in [-0.1, -0.05) is 86.1 Å². The van der Waals surface area contributed by atoms with E-state index in [2.05, 4.69) is 22.9 Å². The highest BCUT2D eigenvalue weighted by atomic mass is 32.2. The molecule has 6 heteroatoms. The Morgan fingerprint density at radius 2 is 1.79 bits per heavy atom. The lowest BCUT2D eigenvalue weighted by molar-refractivity contribution is -0.122. The van der Waals surface area contributed by atoms with Crippen molar-refractivity contribution in [1.29, 1.82) is 0 Å². The molecule has 1 saturated heterocycles. The van der Waals surface area contributed by atoms with Gasteiger partial charge in [0, 0.05) is 29.2 Å². The average Bonchev–Trinajstić information content (AvgIpc) is 3.54. The number of carbonyl (C=O) groups excluding carboxylic acids is 1. The summed E-state index contributed by atoms with van der Waals surface area (Å²) in [6.07, 6.45) is 10.4. The van der Waals surface area contributed by atoms with Gasteiger partial charge in [0.25, 0.3) is 5.91 Å². The molecule has 0 N–H and O–H groups in total. The predicted molar refractivity (Wildman–Crippen MR) is 140 cm³/mol. The van der Waals surface area contributed by atoms with Crippen LogP contribution < -0.4 is 4.74 Å². The van der Waals surface area contributed by atoms with Crippen molar-refractivity contribution in [2.45, 2.75) is 38.6 Å². The van der Waals surface area contributed by atoms with Gasteiger partial charge in [0.15, 0.2) is 0 Å². The van der Waals surface area contributed by atoms with Gasteiger partial charge in [0.1, 0.15) is 16.7 Å². The predicted octanol–water partition coefficient (Wildman–Crippen LogP) is 6.50. The number of thioether (sulfide) groups is 1. The Morgan fingerprint density at radius 1 is 1.03 bits per heavy atom. The third-order valence-electron chi connectivity index (χ3n) is 6.56. The summed E-state index contributed by atoms with van der Waals surface area (Å²) in [6.45, 7) is 2.04. The van der Waals surface area contributed by atoms with E-state index in [1.54, 1.807) is 4.90 Å². The van der Waals surface area contributed by atoms with Crippen molar-refractivity contribution in [3.8, 4) is 5.75 Å². The molecule has 170 valence electrons. The number of benzene rings is 2. The summed E-state index contributed by atoms with van der Waals surface area (Å²) < 4.78 is 8.78. The maximum atomic E-state index is 13.1. The van der Waals surface area contributed by atoms with E-state index in [4.69, 9.17) is 17.0 Å². The summed E-state index contributed by atoms with van der Waals surface area (Å²) in [7, 11) is 0. The molecule has 0 spiro atoms. The van der Waals surface area contributed by atoms with Crippen molar-refractivity contribution in [2.75, 3.05) is 13.2 Å². The quantitative estimate of drug-likeness (QED) is 0.274. The van der Waals surface area contributed by atoms with Crippen LogP contribution in [0.4, 0.5) is 0 Å². The third kappa shape index (κ3) is 5.02. The highest BCUT2D eigenvalue weighted by Gasteiger charge is 2.32. The normalized spacial score (nSPS) is 18.2. The Kier molecular flexibility index (Phi) is 6.83. The molecule has 33 heavy (non-hydrogen) atoms. The Labute approximate surface area is 204 Å². The molecule has 1 aliphatic carbocycles. The molecule has 0 bridgehead atoms. The third-order valence-corrected chi connectivity index (χ3v) is 7.94. The summed E-state index contributed by atoms with van der Waals surface area (Å²) in [4.78, 5) is 15.6. The van der Waals surface area contributed by atoms with Crippen LogP contribution in [0.3, 0.4) is 0 Å². The number of hydrogen-bond donors (Lipinski definition) is 0. The van der Waals surface area contributed by atoms with Gasteiger partial charge in [0.05, 0.1) is 11.4 Å². The topological polar surface area (TPSA) is 34.5 Å². The van der Waals surface area contributed by atoms with Crippen molar-refractivity contribution in [2.24, 2.45) is 5.92 Å². The van der Waals surface area contributed by atoms with Crippen molar-refractivity contribution < 1.29 is 9.53 Å². The van der Waals surface area contributed by atoms with Crippen LogP contribution in [-0.2, 0) is 11.3 Å². The minimum Gasteiger partial charge on any atom is -0.492 e. The minimum absolute atomic E-state index is 0.0484. The van der Waals surface area contributed by atoms with E-state index >= 15 is 0 Å². The number of fused-ring (bicyclic) bond motifs is 1. The number of amides is 1. The average molecular weight is 477 g/mol. The zero-order valence-corrected chi connectivity index (χ0v) is 20.2. The number of nitrogens with zero attached hydrogens (tertiary/aromatic N) is 2. The van der Waals surface area contributed by atoms with Crippen LogP contribution in [0, 0.1) is 5.92 Å². The van der Waals surface area contributed by atoms with Gasteiger partial charge in [0.2, 0.25) is 0 Å². The first-order chi connectivity index (χ1) is 16.2. The first kappa shape index (κ1) is 22.2. The van der Waals surface area contributed by atoms with Gasteiger partial charge in [-0.2, -0.15) is 0 Å². The van der Waals surface area contributed by atoms with Crippen molar-refractivity contribution >= 4 is 51.2 Å². The molecule has 2 heterocycles. The second kappa shape index (κ2) is 10.1. The van der Waals surface area contributed by atoms with E-state index in [0.29, 0.717) is 10.9 Å². The number of thiocarbonyl (C=S) groups is 1. The maximum Gasteiger partial charge on any atom is 0.266 e. The van der Waals surface area contributed by atoms with E-state index in [0.717, 1.165) is 52.5 Å². The highest BCUT2D eigenvalue weighted by Crippen LogP contribution is 2.36. The first-order valence-electron chi connectivity index (χ1n) is 11.7. The summed E-state index contributed by atoms with van der Waals surface area (Å²) in [5.74, 6) is 1.66. The van der Waals surface area contributed by atoms with E-state index in [9.17, 15) is 4.79 Å². The number of hydrogen-bond acceptors (Lipinski definition) is 4. The first-order valence-corrected chi connectivity index (χ1v) is 12.9. The van der Waals surface area contributed by atoms with E-state index in [-0.39, 0.29) is 5.91 Å².